The second-order valence-electron chi connectivity index (χ2n) is 8.68. The number of ether oxygens (including phenoxy) is 1. The molecule has 2 aromatic heterocycles. The summed E-state index contributed by atoms with van der Waals surface area (Å²) in [4.78, 5) is 9.05. The standard InChI is InChI=1S/C26H26FN5O/c1-17-14-18(2)16-22(15-17)33-26-28-13-12-23(29-26)25-24(19-8-10-20(27)11-9-19)30-31-32(25)21-6-4-3-5-7-21/h8-16,21H,3-7H2,1-2H3. The summed E-state index contributed by atoms with van der Waals surface area (Å²) in [6.07, 6.45) is 7.37. The zero-order chi connectivity index (χ0) is 22.8. The van der Waals surface area contributed by atoms with Crippen molar-refractivity contribution >= 4 is 0 Å². The van der Waals surface area contributed by atoms with Gasteiger partial charge in [0.25, 0.3) is 0 Å². The zero-order valence-corrected chi connectivity index (χ0v) is 18.8. The number of nitrogens with zero attached hydrogens (tertiary/aromatic N) is 5. The Hall–Kier alpha value is -3.61. The van der Waals surface area contributed by atoms with Crippen LogP contribution in [0, 0.1) is 19.7 Å². The van der Waals surface area contributed by atoms with Crippen LogP contribution in [-0.4, -0.2) is 25.0 Å². The van der Waals surface area contributed by atoms with Crippen molar-refractivity contribution in [1.82, 2.24) is 25.0 Å². The maximum atomic E-state index is 13.6. The Morgan fingerprint density at radius 1 is 0.939 bits per heavy atom. The van der Waals surface area contributed by atoms with Crippen LogP contribution in [0.15, 0.2) is 54.7 Å². The lowest BCUT2D eigenvalue weighted by Crippen LogP contribution is -2.15. The Bertz CT molecular complexity index is 1240. The van der Waals surface area contributed by atoms with Crippen LogP contribution in [0.4, 0.5) is 4.39 Å². The lowest BCUT2D eigenvalue weighted by Gasteiger charge is -2.23. The zero-order valence-electron chi connectivity index (χ0n) is 18.8. The van der Waals surface area contributed by atoms with E-state index in [0.717, 1.165) is 35.2 Å². The molecule has 4 aromatic rings. The molecule has 33 heavy (non-hydrogen) atoms. The molecule has 1 fully saturated rings. The Morgan fingerprint density at radius 3 is 2.39 bits per heavy atom. The number of hydrogen-bond acceptors (Lipinski definition) is 5. The van der Waals surface area contributed by atoms with Gasteiger partial charge in [0.2, 0.25) is 0 Å². The molecule has 0 saturated heterocycles. The van der Waals surface area contributed by atoms with Crippen molar-refractivity contribution in [3.63, 3.8) is 0 Å². The first-order valence-electron chi connectivity index (χ1n) is 11.4. The number of aromatic nitrogens is 5. The topological polar surface area (TPSA) is 65.7 Å². The van der Waals surface area contributed by atoms with Gasteiger partial charge in [-0.05, 0) is 80.3 Å². The lowest BCUT2D eigenvalue weighted by molar-refractivity contribution is 0.326. The quantitative estimate of drug-likeness (QED) is 0.354. The van der Waals surface area contributed by atoms with Gasteiger partial charge in [0.1, 0.15) is 23.0 Å². The van der Waals surface area contributed by atoms with Crippen molar-refractivity contribution in [3.05, 3.63) is 71.7 Å². The molecule has 6 nitrogen and oxygen atoms in total. The molecule has 1 aliphatic rings. The molecule has 1 aliphatic carbocycles. The average Bonchev–Trinajstić information content (AvgIpc) is 3.25. The van der Waals surface area contributed by atoms with Gasteiger partial charge in [-0.3, -0.25) is 0 Å². The Balaban J connectivity index is 1.57. The summed E-state index contributed by atoms with van der Waals surface area (Å²) in [6.45, 7) is 4.06. The third-order valence-corrected chi connectivity index (χ3v) is 6.01. The van der Waals surface area contributed by atoms with Crippen LogP contribution in [0.2, 0.25) is 0 Å². The van der Waals surface area contributed by atoms with Gasteiger partial charge in [-0.25, -0.2) is 14.1 Å². The summed E-state index contributed by atoms with van der Waals surface area (Å²) >= 11 is 0. The van der Waals surface area contributed by atoms with Crippen LogP contribution in [0.1, 0.15) is 49.3 Å². The predicted octanol–water partition coefficient (Wildman–Crippen LogP) is 6.46. The third kappa shape index (κ3) is 4.62. The molecule has 2 heterocycles. The highest BCUT2D eigenvalue weighted by Crippen LogP contribution is 2.36. The molecule has 7 heteroatoms. The van der Waals surface area contributed by atoms with E-state index in [9.17, 15) is 4.39 Å². The van der Waals surface area contributed by atoms with Gasteiger partial charge in [0.05, 0.1) is 11.7 Å². The van der Waals surface area contributed by atoms with E-state index in [4.69, 9.17) is 9.72 Å². The van der Waals surface area contributed by atoms with Crippen molar-refractivity contribution in [1.29, 1.82) is 0 Å². The summed E-state index contributed by atoms with van der Waals surface area (Å²) in [5.41, 5.74) is 5.18. The summed E-state index contributed by atoms with van der Waals surface area (Å²) in [5, 5.41) is 9.02. The van der Waals surface area contributed by atoms with Gasteiger partial charge in [0, 0.05) is 11.8 Å². The molecule has 168 valence electrons. The third-order valence-electron chi connectivity index (χ3n) is 6.01. The highest BCUT2D eigenvalue weighted by atomic mass is 19.1. The molecule has 0 amide bonds. The van der Waals surface area contributed by atoms with E-state index in [1.54, 1.807) is 18.3 Å². The molecule has 0 aliphatic heterocycles. The molecule has 0 radical (unpaired) electrons. The molecule has 0 N–H and O–H groups in total. The Morgan fingerprint density at radius 2 is 1.67 bits per heavy atom. The van der Waals surface area contributed by atoms with Crippen molar-refractivity contribution in [2.75, 3.05) is 0 Å². The minimum absolute atomic E-state index is 0.259. The second-order valence-corrected chi connectivity index (χ2v) is 8.68. The van der Waals surface area contributed by atoms with Gasteiger partial charge >= 0.3 is 6.01 Å². The fraction of sp³-hybridized carbons (Fsp3) is 0.308. The van der Waals surface area contributed by atoms with Crippen molar-refractivity contribution in [2.45, 2.75) is 52.0 Å². The molecular formula is C26H26FN5O. The predicted molar refractivity (Wildman–Crippen MR) is 125 cm³/mol. The normalized spacial score (nSPS) is 14.4. The number of benzene rings is 2. The van der Waals surface area contributed by atoms with Crippen LogP contribution in [0.25, 0.3) is 22.6 Å². The van der Waals surface area contributed by atoms with Gasteiger partial charge in [0.15, 0.2) is 0 Å². The van der Waals surface area contributed by atoms with E-state index in [1.165, 1.54) is 31.4 Å². The van der Waals surface area contributed by atoms with E-state index in [1.807, 2.05) is 36.7 Å². The van der Waals surface area contributed by atoms with Gasteiger partial charge in [-0.1, -0.05) is 30.5 Å². The number of rotatable bonds is 5. The summed E-state index contributed by atoms with van der Waals surface area (Å²) in [6, 6.07) is 14.7. The first kappa shape index (κ1) is 21.2. The largest absolute Gasteiger partial charge is 0.424 e. The molecule has 0 spiro atoms. The molecule has 2 aromatic carbocycles. The maximum absolute atomic E-state index is 13.6. The molecular weight excluding hydrogens is 417 g/mol. The SMILES string of the molecule is Cc1cc(C)cc(Oc2nccc(-c3c(-c4ccc(F)cc4)nnn3C3CCCCC3)n2)c1. The van der Waals surface area contributed by atoms with E-state index in [0.29, 0.717) is 17.1 Å². The molecule has 1 saturated carbocycles. The summed E-state index contributed by atoms with van der Waals surface area (Å²) in [7, 11) is 0. The van der Waals surface area contributed by atoms with Crippen LogP contribution in [0.5, 0.6) is 11.8 Å². The first-order chi connectivity index (χ1) is 16.1. The van der Waals surface area contributed by atoms with E-state index >= 15 is 0 Å². The minimum atomic E-state index is -0.286. The lowest BCUT2D eigenvalue weighted by atomic mass is 9.95. The Kier molecular flexibility index (Phi) is 5.86. The summed E-state index contributed by atoms with van der Waals surface area (Å²) in [5.74, 6) is 0.411. The Labute approximate surface area is 192 Å². The number of halogens is 1. The monoisotopic (exact) mass is 443 g/mol. The molecule has 0 bridgehead atoms. The van der Waals surface area contributed by atoms with Gasteiger partial charge in [-0.2, -0.15) is 4.98 Å². The first-order valence-corrected chi connectivity index (χ1v) is 11.4. The van der Waals surface area contributed by atoms with Crippen LogP contribution in [-0.2, 0) is 0 Å². The average molecular weight is 444 g/mol. The van der Waals surface area contributed by atoms with Crippen molar-refractivity contribution in [2.24, 2.45) is 0 Å². The van der Waals surface area contributed by atoms with E-state index < -0.39 is 0 Å². The van der Waals surface area contributed by atoms with Crippen molar-refractivity contribution in [3.8, 4) is 34.4 Å². The highest BCUT2D eigenvalue weighted by Gasteiger charge is 2.25. The molecule has 0 atom stereocenters. The fourth-order valence-corrected chi connectivity index (χ4v) is 4.53. The second kappa shape index (κ2) is 9.10. The van der Waals surface area contributed by atoms with Gasteiger partial charge < -0.3 is 4.74 Å². The van der Waals surface area contributed by atoms with Crippen molar-refractivity contribution < 1.29 is 9.13 Å². The number of aryl methyl sites for hydroxylation is 2. The molecule has 5 rings (SSSR count). The smallest absolute Gasteiger partial charge is 0.322 e. The van der Waals surface area contributed by atoms with Crippen LogP contribution < -0.4 is 4.74 Å². The molecule has 0 unspecified atom stereocenters. The summed E-state index contributed by atoms with van der Waals surface area (Å²) < 4.78 is 21.6. The number of hydrogen-bond donors (Lipinski definition) is 0. The highest BCUT2D eigenvalue weighted by molar-refractivity contribution is 5.76. The van der Waals surface area contributed by atoms with Gasteiger partial charge in [-0.15, -0.1) is 5.10 Å². The van der Waals surface area contributed by atoms with Crippen LogP contribution >= 0.6 is 0 Å². The fourth-order valence-electron chi connectivity index (χ4n) is 4.53. The van der Waals surface area contributed by atoms with Crippen LogP contribution in [0.3, 0.4) is 0 Å². The van der Waals surface area contributed by atoms with E-state index in [2.05, 4.69) is 21.4 Å². The van der Waals surface area contributed by atoms with E-state index in [-0.39, 0.29) is 17.9 Å². The minimum Gasteiger partial charge on any atom is -0.424 e. The maximum Gasteiger partial charge on any atom is 0.322 e.